The summed E-state index contributed by atoms with van der Waals surface area (Å²) in [7, 11) is 0. The van der Waals surface area contributed by atoms with Crippen molar-refractivity contribution in [3.63, 3.8) is 0 Å². The van der Waals surface area contributed by atoms with Crippen LogP contribution in [-0.4, -0.2) is 19.6 Å². The van der Waals surface area contributed by atoms with E-state index in [1.165, 1.54) is 11.1 Å². The standard InChI is InChI=1S/C52H57N3O/c1-49(2,3)37-21-23-40(24-22-37)55-45-20-16-19-41(46(45)54-48(55)42-31-39(51(7,8)9)32-43(47(42)56)52(10,11)12)35-27-36(29-38(28-35)50(4,5)6)44-30-34(25-26-53-44)33-17-14-13-15-18-33/h13-32,56H,1-12H3. The van der Waals surface area contributed by atoms with Gasteiger partial charge in [0.15, 0.2) is 0 Å². The molecule has 0 spiro atoms. The molecule has 4 nitrogen and oxygen atoms in total. The van der Waals surface area contributed by atoms with Crippen LogP contribution in [0.15, 0.2) is 121 Å². The van der Waals surface area contributed by atoms with Gasteiger partial charge in [-0.2, -0.15) is 0 Å². The molecule has 2 heterocycles. The van der Waals surface area contributed by atoms with E-state index in [9.17, 15) is 5.11 Å². The average molecular weight is 740 g/mol. The third kappa shape index (κ3) is 7.54. The molecule has 0 aliphatic carbocycles. The molecule has 0 aliphatic heterocycles. The highest BCUT2D eigenvalue weighted by atomic mass is 16.3. The van der Waals surface area contributed by atoms with E-state index >= 15 is 0 Å². The number of aromatic hydroxyl groups is 1. The van der Waals surface area contributed by atoms with Gasteiger partial charge in [-0.25, -0.2) is 4.98 Å². The van der Waals surface area contributed by atoms with E-state index in [2.05, 4.69) is 197 Å². The van der Waals surface area contributed by atoms with E-state index < -0.39 is 0 Å². The molecular weight excluding hydrogens is 683 g/mol. The van der Waals surface area contributed by atoms with Gasteiger partial charge in [-0.05, 0) is 104 Å². The fraction of sp³-hybridized carbons (Fsp3) is 0.308. The first kappa shape index (κ1) is 38.8. The molecule has 1 N–H and O–H groups in total. The third-order valence-electron chi connectivity index (χ3n) is 11.0. The summed E-state index contributed by atoms with van der Waals surface area (Å²) in [6, 6.07) is 41.2. The maximum absolute atomic E-state index is 12.2. The van der Waals surface area contributed by atoms with Crippen molar-refractivity contribution in [3.05, 3.63) is 144 Å². The molecule has 0 unspecified atom stereocenters. The minimum Gasteiger partial charge on any atom is -0.507 e. The van der Waals surface area contributed by atoms with Gasteiger partial charge in [-0.1, -0.05) is 150 Å². The van der Waals surface area contributed by atoms with E-state index in [1.807, 2.05) is 12.3 Å². The molecule has 7 aromatic rings. The summed E-state index contributed by atoms with van der Waals surface area (Å²) in [4.78, 5) is 10.4. The summed E-state index contributed by atoms with van der Waals surface area (Å²) in [5.74, 6) is 0.991. The Morgan fingerprint density at radius 3 is 1.73 bits per heavy atom. The lowest BCUT2D eigenvalue weighted by atomic mass is 9.79. The molecule has 0 aliphatic rings. The highest BCUT2D eigenvalue weighted by Gasteiger charge is 2.29. The maximum Gasteiger partial charge on any atom is 0.149 e. The first-order chi connectivity index (χ1) is 26.2. The molecule has 5 aromatic carbocycles. The van der Waals surface area contributed by atoms with Gasteiger partial charge in [0.2, 0.25) is 0 Å². The number of nitrogens with zero attached hydrogens (tertiary/aromatic N) is 3. The minimum absolute atomic E-state index is 0.0116. The van der Waals surface area contributed by atoms with Gasteiger partial charge in [0.25, 0.3) is 0 Å². The number of pyridine rings is 1. The summed E-state index contributed by atoms with van der Waals surface area (Å²) < 4.78 is 2.23. The van der Waals surface area contributed by atoms with Crippen LogP contribution in [-0.2, 0) is 21.7 Å². The summed E-state index contributed by atoms with van der Waals surface area (Å²) in [6.07, 6.45) is 1.91. The van der Waals surface area contributed by atoms with E-state index in [4.69, 9.17) is 9.97 Å². The summed E-state index contributed by atoms with van der Waals surface area (Å²) in [6.45, 7) is 26.7. The third-order valence-corrected chi connectivity index (χ3v) is 11.0. The number of rotatable bonds is 5. The van der Waals surface area contributed by atoms with Gasteiger partial charge in [-0.3, -0.25) is 9.55 Å². The summed E-state index contributed by atoms with van der Waals surface area (Å²) in [5.41, 5.74) is 14.0. The van der Waals surface area contributed by atoms with Crippen molar-refractivity contribution in [2.24, 2.45) is 0 Å². The Hall–Kier alpha value is -5.48. The number of hydrogen-bond donors (Lipinski definition) is 1. The van der Waals surface area contributed by atoms with Crippen LogP contribution in [0.5, 0.6) is 5.75 Å². The van der Waals surface area contributed by atoms with E-state index in [-0.39, 0.29) is 27.4 Å². The second-order valence-corrected chi connectivity index (χ2v) is 19.5. The van der Waals surface area contributed by atoms with Gasteiger partial charge < -0.3 is 5.11 Å². The highest BCUT2D eigenvalue weighted by Crippen LogP contribution is 2.45. The van der Waals surface area contributed by atoms with Crippen LogP contribution in [0.25, 0.3) is 61.6 Å². The van der Waals surface area contributed by atoms with Crippen LogP contribution in [0.2, 0.25) is 0 Å². The molecule has 0 amide bonds. The first-order valence-electron chi connectivity index (χ1n) is 19.9. The smallest absolute Gasteiger partial charge is 0.149 e. The molecular formula is C52H57N3O. The Balaban J connectivity index is 1.52. The van der Waals surface area contributed by atoms with Gasteiger partial charge in [0.1, 0.15) is 11.6 Å². The van der Waals surface area contributed by atoms with Crippen LogP contribution in [0.4, 0.5) is 0 Å². The molecule has 286 valence electrons. The highest BCUT2D eigenvalue weighted by molar-refractivity contribution is 5.97. The normalized spacial score (nSPS) is 12.7. The molecule has 0 saturated heterocycles. The lowest BCUT2D eigenvalue weighted by Crippen LogP contribution is -2.17. The molecule has 0 atom stereocenters. The minimum atomic E-state index is -0.286. The van der Waals surface area contributed by atoms with Crippen molar-refractivity contribution < 1.29 is 5.11 Å². The number of imidazole rings is 1. The lowest BCUT2D eigenvalue weighted by molar-refractivity contribution is 0.446. The fourth-order valence-corrected chi connectivity index (χ4v) is 7.46. The van der Waals surface area contributed by atoms with Crippen molar-refractivity contribution in [3.8, 4) is 56.3 Å². The molecule has 2 aromatic heterocycles. The second kappa shape index (κ2) is 13.9. The topological polar surface area (TPSA) is 50.9 Å². The Bertz CT molecular complexity index is 2550. The molecule has 7 rings (SSSR count). The van der Waals surface area contributed by atoms with Gasteiger partial charge in [0, 0.05) is 28.6 Å². The van der Waals surface area contributed by atoms with Crippen molar-refractivity contribution in [1.82, 2.24) is 14.5 Å². The molecule has 0 fully saturated rings. The SMILES string of the molecule is CC(C)(C)c1ccc(-n2c(-c3cc(C(C)(C)C)cc(C(C)(C)C)c3O)nc3c(-c4cc(-c5cc(-c6ccccc6)ccn5)cc(C(C)(C)C)c4)cccc32)cc1. The van der Waals surface area contributed by atoms with Crippen LogP contribution >= 0.6 is 0 Å². The van der Waals surface area contributed by atoms with Crippen LogP contribution < -0.4 is 0 Å². The van der Waals surface area contributed by atoms with E-state index in [0.717, 1.165) is 72.7 Å². The Morgan fingerprint density at radius 2 is 1.11 bits per heavy atom. The monoisotopic (exact) mass is 739 g/mol. The number of para-hydroxylation sites is 1. The number of hydrogen-bond acceptors (Lipinski definition) is 3. The van der Waals surface area contributed by atoms with Crippen LogP contribution in [0, 0.1) is 0 Å². The van der Waals surface area contributed by atoms with Gasteiger partial charge in [-0.15, -0.1) is 0 Å². The number of benzene rings is 5. The van der Waals surface area contributed by atoms with E-state index in [0.29, 0.717) is 0 Å². The van der Waals surface area contributed by atoms with Crippen molar-refractivity contribution in [2.45, 2.75) is 105 Å². The van der Waals surface area contributed by atoms with Crippen molar-refractivity contribution in [1.29, 1.82) is 0 Å². The van der Waals surface area contributed by atoms with Crippen LogP contribution in [0.1, 0.15) is 105 Å². The zero-order valence-electron chi connectivity index (χ0n) is 35.3. The van der Waals surface area contributed by atoms with Gasteiger partial charge in [0.05, 0.1) is 22.3 Å². The largest absolute Gasteiger partial charge is 0.507 e. The van der Waals surface area contributed by atoms with Crippen LogP contribution in [0.3, 0.4) is 0 Å². The summed E-state index contributed by atoms with van der Waals surface area (Å²) in [5, 5.41) is 12.2. The Morgan fingerprint density at radius 1 is 0.482 bits per heavy atom. The quantitative estimate of drug-likeness (QED) is 0.191. The lowest BCUT2D eigenvalue weighted by Gasteiger charge is -2.27. The fourth-order valence-electron chi connectivity index (χ4n) is 7.46. The molecule has 0 saturated carbocycles. The predicted molar refractivity (Wildman–Crippen MR) is 237 cm³/mol. The van der Waals surface area contributed by atoms with E-state index in [1.54, 1.807) is 0 Å². The molecule has 56 heavy (non-hydrogen) atoms. The second-order valence-electron chi connectivity index (χ2n) is 19.5. The first-order valence-corrected chi connectivity index (χ1v) is 19.9. The summed E-state index contributed by atoms with van der Waals surface area (Å²) >= 11 is 0. The number of phenolic OH excluding ortho intramolecular Hbond substituents is 1. The average Bonchev–Trinajstić information content (AvgIpc) is 3.53. The number of phenols is 1. The number of fused-ring (bicyclic) bond motifs is 1. The maximum atomic E-state index is 12.2. The molecule has 0 radical (unpaired) electrons. The predicted octanol–water partition coefficient (Wildman–Crippen LogP) is 14.0. The van der Waals surface area contributed by atoms with Crippen molar-refractivity contribution in [2.75, 3.05) is 0 Å². The molecule has 0 bridgehead atoms. The van der Waals surface area contributed by atoms with Gasteiger partial charge >= 0.3 is 0 Å². The zero-order valence-corrected chi connectivity index (χ0v) is 35.3. The molecule has 4 heteroatoms. The number of aromatic nitrogens is 3. The van der Waals surface area contributed by atoms with Crippen molar-refractivity contribution >= 4 is 11.0 Å². The Kier molecular flexibility index (Phi) is 9.64. The Labute approximate surface area is 334 Å². The zero-order chi connectivity index (χ0) is 40.4.